The minimum atomic E-state index is -0.699. The number of benzene rings is 5. The van der Waals surface area contributed by atoms with Crippen molar-refractivity contribution in [3.05, 3.63) is 166 Å². The number of nitro groups is 1. The van der Waals surface area contributed by atoms with Crippen LogP contribution in [0.5, 0.6) is 5.75 Å². The van der Waals surface area contributed by atoms with Crippen LogP contribution in [0.15, 0.2) is 144 Å². The molecule has 0 aliphatic rings. The van der Waals surface area contributed by atoms with Crippen LogP contribution in [0.25, 0.3) is 6.08 Å². The van der Waals surface area contributed by atoms with Gasteiger partial charge in [0.25, 0.3) is 17.5 Å². The van der Waals surface area contributed by atoms with Crippen molar-refractivity contribution in [3.63, 3.8) is 0 Å². The molecule has 0 saturated heterocycles. The molecule has 1 atom stereocenters. The summed E-state index contributed by atoms with van der Waals surface area (Å²) in [5.74, 6) is -0.912. The summed E-state index contributed by atoms with van der Waals surface area (Å²) in [6.45, 7) is 0. The topological polar surface area (TPSA) is 140 Å². The number of nitro benzene ring substituents is 1. The van der Waals surface area contributed by atoms with Gasteiger partial charge in [0.2, 0.25) is 5.91 Å². The zero-order valence-corrected chi connectivity index (χ0v) is 26.5. The third-order valence-corrected chi connectivity index (χ3v) is 8.23. The van der Waals surface area contributed by atoms with Gasteiger partial charge in [-0.2, -0.15) is 0 Å². The summed E-state index contributed by atoms with van der Waals surface area (Å²) >= 11 is 1.29. The molecule has 0 aromatic heterocycles. The summed E-state index contributed by atoms with van der Waals surface area (Å²) in [5.41, 5.74) is 1.75. The Balaban J connectivity index is 1.40. The summed E-state index contributed by atoms with van der Waals surface area (Å²) in [7, 11) is 1.55. The average molecular weight is 659 g/mol. The van der Waals surface area contributed by atoms with E-state index >= 15 is 0 Å². The molecule has 10 nitrogen and oxygen atoms in total. The second kappa shape index (κ2) is 15.9. The molecule has 0 radical (unpaired) electrons. The Bertz CT molecular complexity index is 1970. The molecule has 3 amide bonds. The van der Waals surface area contributed by atoms with Gasteiger partial charge < -0.3 is 20.7 Å². The highest BCUT2D eigenvalue weighted by atomic mass is 32.2. The molecule has 0 spiro atoms. The fraction of sp³-hybridized carbons (Fsp3) is 0.0541. The normalized spacial score (nSPS) is 11.6. The first kappa shape index (κ1) is 33.2. The lowest BCUT2D eigenvalue weighted by Gasteiger charge is -2.18. The van der Waals surface area contributed by atoms with Crippen molar-refractivity contribution >= 4 is 52.6 Å². The van der Waals surface area contributed by atoms with Crippen molar-refractivity contribution in [3.8, 4) is 5.75 Å². The van der Waals surface area contributed by atoms with E-state index < -0.39 is 22.0 Å². The van der Waals surface area contributed by atoms with Crippen LogP contribution in [0.1, 0.15) is 26.7 Å². The molecule has 5 aromatic rings. The third kappa shape index (κ3) is 8.74. The molecule has 0 bridgehead atoms. The van der Waals surface area contributed by atoms with Gasteiger partial charge in [-0.3, -0.25) is 24.5 Å². The molecule has 0 saturated carbocycles. The molecule has 1 unspecified atom stereocenters. The van der Waals surface area contributed by atoms with Crippen LogP contribution in [0.3, 0.4) is 0 Å². The lowest BCUT2D eigenvalue weighted by atomic mass is 10.1. The maximum Gasteiger partial charge on any atom is 0.276 e. The minimum absolute atomic E-state index is 0.137. The van der Waals surface area contributed by atoms with Gasteiger partial charge in [-0.05, 0) is 60.2 Å². The first-order valence-electron chi connectivity index (χ1n) is 14.7. The first-order valence-corrected chi connectivity index (χ1v) is 15.6. The Morgan fingerprint density at radius 1 is 0.771 bits per heavy atom. The van der Waals surface area contributed by atoms with E-state index in [0.29, 0.717) is 27.6 Å². The molecule has 0 heterocycles. The van der Waals surface area contributed by atoms with E-state index in [9.17, 15) is 24.5 Å². The molecule has 0 fully saturated rings. The van der Waals surface area contributed by atoms with Crippen molar-refractivity contribution in [2.45, 2.75) is 10.1 Å². The first-order chi connectivity index (χ1) is 23.3. The maximum absolute atomic E-state index is 13.6. The van der Waals surface area contributed by atoms with Crippen molar-refractivity contribution in [1.82, 2.24) is 5.32 Å². The fourth-order valence-electron chi connectivity index (χ4n) is 4.66. The summed E-state index contributed by atoms with van der Waals surface area (Å²) in [6.07, 6.45) is 1.27. The molecule has 11 heteroatoms. The summed E-state index contributed by atoms with van der Waals surface area (Å²) < 4.78 is 5.28. The van der Waals surface area contributed by atoms with Gasteiger partial charge in [-0.1, -0.05) is 72.8 Å². The highest BCUT2D eigenvalue weighted by Gasteiger charge is 2.23. The quantitative estimate of drug-likeness (QED) is 0.0546. The number of hydrogen-bond acceptors (Lipinski definition) is 7. The van der Waals surface area contributed by atoms with Gasteiger partial charge in [-0.25, -0.2) is 0 Å². The second-order valence-electron chi connectivity index (χ2n) is 10.3. The van der Waals surface area contributed by atoms with Crippen LogP contribution in [0.4, 0.5) is 17.1 Å². The Morgan fingerprint density at radius 3 is 2.12 bits per heavy atom. The van der Waals surface area contributed by atoms with E-state index in [1.165, 1.54) is 36.0 Å². The number of nitrogens with zero attached hydrogens (tertiary/aromatic N) is 1. The van der Waals surface area contributed by atoms with Crippen molar-refractivity contribution in [2.75, 3.05) is 17.7 Å². The number of anilines is 2. The van der Waals surface area contributed by atoms with E-state index in [1.54, 1.807) is 86.0 Å². The second-order valence-corrected chi connectivity index (χ2v) is 11.5. The van der Waals surface area contributed by atoms with Gasteiger partial charge in [0, 0.05) is 34.0 Å². The van der Waals surface area contributed by atoms with Crippen molar-refractivity contribution in [2.24, 2.45) is 0 Å². The molecular formula is C37H30N4O6S. The molecule has 0 aliphatic carbocycles. The van der Waals surface area contributed by atoms with Gasteiger partial charge in [0.05, 0.1) is 17.6 Å². The zero-order chi connectivity index (χ0) is 33.9. The lowest BCUT2D eigenvalue weighted by molar-refractivity contribution is -0.385. The van der Waals surface area contributed by atoms with E-state index in [1.807, 2.05) is 36.4 Å². The molecule has 0 aliphatic heterocycles. The molecule has 48 heavy (non-hydrogen) atoms. The zero-order valence-electron chi connectivity index (χ0n) is 25.7. The minimum Gasteiger partial charge on any atom is -0.497 e. The van der Waals surface area contributed by atoms with Crippen molar-refractivity contribution < 1.29 is 24.0 Å². The number of ether oxygens (including phenoxy) is 1. The highest BCUT2D eigenvalue weighted by molar-refractivity contribution is 8.00. The molecular weight excluding hydrogens is 628 g/mol. The van der Waals surface area contributed by atoms with Crippen LogP contribution in [0, 0.1) is 10.1 Å². The highest BCUT2D eigenvalue weighted by Crippen LogP contribution is 2.37. The maximum atomic E-state index is 13.6. The Kier molecular flexibility index (Phi) is 11.0. The smallest absolute Gasteiger partial charge is 0.276 e. The summed E-state index contributed by atoms with van der Waals surface area (Å²) in [5, 5.41) is 19.4. The average Bonchev–Trinajstić information content (AvgIpc) is 3.11. The monoisotopic (exact) mass is 658 g/mol. The fourth-order valence-corrected chi connectivity index (χ4v) is 5.75. The van der Waals surface area contributed by atoms with Crippen LogP contribution in [-0.2, 0) is 9.59 Å². The van der Waals surface area contributed by atoms with Gasteiger partial charge in [-0.15, -0.1) is 11.8 Å². The van der Waals surface area contributed by atoms with E-state index in [4.69, 9.17) is 4.74 Å². The lowest BCUT2D eigenvalue weighted by Crippen LogP contribution is -2.30. The number of hydrogen-bond donors (Lipinski definition) is 3. The number of carbonyl (C=O) groups excluding carboxylic acids is 3. The van der Waals surface area contributed by atoms with Crippen LogP contribution in [-0.4, -0.2) is 29.8 Å². The van der Waals surface area contributed by atoms with Crippen LogP contribution < -0.4 is 20.7 Å². The predicted octanol–water partition coefficient (Wildman–Crippen LogP) is 7.49. The molecule has 3 N–H and O–H groups in total. The number of methoxy groups -OCH3 is 1. The number of nitrogens with one attached hydrogen (secondary N) is 3. The number of rotatable bonds is 12. The Labute approximate surface area is 281 Å². The summed E-state index contributed by atoms with van der Waals surface area (Å²) in [6, 6.07) is 37.5. The molecule has 240 valence electrons. The van der Waals surface area contributed by atoms with E-state index in [-0.39, 0.29) is 22.9 Å². The van der Waals surface area contributed by atoms with E-state index in [0.717, 1.165) is 5.56 Å². The van der Waals surface area contributed by atoms with Gasteiger partial charge in [0.15, 0.2) is 0 Å². The number of thioether (sulfide) groups is 1. The molecule has 5 rings (SSSR count). The SMILES string of the molecule is COc1cccc(NC(=O)C(Sc2cccc(NC(=O)/C(=C\c3ccccc3[N+](=O)[O-])NC(=O)c3ccccc3)c2)c2ccccc2)c1. The number of para-hydroxylation sites is 1. The van der Waals surface area contributed by atoms with Gasteiger partial charge >= 0.3 is 0 Å². The Morgan fingerprint density at radius 2 is 1.42 bits per heavy atom. The number of carbonyl (C=O) groups is 3. The summed E-state index contributed by atoms with van der Waals surface area (Å²) in [4.78, 5) is 52.1. The van der Waals surface area contributed by atoms with Gasteiger partial charge in [0.1, 0.15) is 16.7 Å². The van der Waals surface area contributed by atoms with E-state index in [2.05, 4.69) is 16.0 Å². The van der Waals surface area contributed by atoms with Crippen molar-refractivity contribution in [1.29, 1.82) is 0 Å². The number of amides is 3. The third-order valence-electron chi connectivity index (χ3n) is 6.99. The van der Waals surface area contributed by atoms with Crippen LogP contribution >= 0.6 is 11.8 Å². The standard InChI is InChI=1S/C37H30N4O6S/c1-47-30-19-10-17-28(23-30)39-37(44)34(25-12-4-2-5-13-25)48-31-20-11-18-29(24-31)38-36(43)32(40-35(42)26-14-6-3-7-15-26)22-27-16-8-9-21-33(27)41(45)46/h2-24,34H,1H3,(H,38,43)(H,39,44)(H,40,42)/b32-22+. The largest absolute Gasteiger partial charge is 0.497 e. The Hall–Kier alpha value is -6.20. The van der Waals surface area contributed by atoms with Crippen LogP contribution in [0.2, 0.25) is 0 Å². The molecule has 5 aromatic carbocycles. The predicted molar refractivity (Wildman–Crippen MR) is 187 cm³/mol.